The van der Waals surface area contributed by atoms with Gasteiger partial charge >= 0.3 is 5.97 Å². The zero-order valence-corrected chi connectivity index (χ0v) is 15.7. The Morgan fingerprint density at radius 1 is 0.964 bits per heavy atom. The molecule has 4 heteroatoms. The van der Waals surface area contributed by atoms with E-state index in [0.29, 0.717) is 6.42 Å². The normalized spacial score (nSPS) is 18.8. The summed E-state index contributed by atoms with van der Waals surface area (Å²) in [6, 6.07) is 28.0. The van der Waals surface area contributed by atoms with Crippen molar-refractivity contribution in [1.82, 2.24) is 0 Å². The van der Waals surface area contributed by atoms with Crippen LogP contribution >= 0.6 is 0 Å². The van der Waals surface area contributed by atoms with Crippen molar-refractivity contribution in [3.05, 3.63) is 96.1 Å². The summed E-state index contributed by atoms with van der Waals surface area (Å²) in [7, 11) is 0. The van der Waals surface area contributed by atoms with Crippen LogP contribution in [0.4, 0.5) is 11.4 Å². The van der Waals surface area contributed by atoms with E-state index in [0.717, 1.165) is 28.2 Å². The topological polar surface area (TPSA) is 52.9 Å². The van der Waals surface area contributed by atoms with Gasteiger partial charge in [-0.15, -0.1) is 0 Å². The van der Waals surface area contributed by atoms with Crippen LogP contribution in [-0.4, -0.2) is 23.3 Å². The lowest BCUT2D eigenvalue weighted by atomic mass is 9.83. The summed E-state index contributed by atoms with van der Waals surface area (Å²) >= 11 is 0. The number of fused-ring (bicyclic) bond motifs is 1. The minimum absolute atomic E-state index is 0.0972. The van der Waals surface area contributed by atoms with Crippen molar-refractivity contribution in [2.75, 3.05) is 11.4 Å². The third-order valence-electron chi connectivity index (χ3n) is 5.33. The van der Waals surface area contributed by atoms with E-state index in [-0.39, 0.29) is 6.54 Å². The van der Waals surface area contributed by atoms with Gasteiger partial charge in [0.1, 0.15) is 6.54 Å². The SMILES string of the molecule is CC1(c2ccccc2)CC(c2ccccc2)=Nc2ccccc2N1CC(=O)O. The Kier molecular flexibility index (Phi) is 4.70. The van der Waals surface area contributed by atoms with E-state index in [1.165, 1.54) is 0 Å². The highest BCUT2D eigenvalue weighted by atomic mass is 16.4. The van der Waals surface area contributed by atoms with Gasteiger partial charge in [0.15, 0.2) is 0 Å². The first-order chi connectivity index (χ1) is 13.6. The van der Waals surface area contributed by atoms with Crippen LogP contribution in [0.25, 0.3) is 0 Å². The van der Waals surface area contributed by atoms with E-state index in [4.69, 9.17) is 4.99 Å². The number of aliphatic imine (C=N–C) groups is 1. The van der Waals surface area contributed by atoms with Gasteiger partial charge < -0.3 is 10.0 Å². The number of carboxylic acid groups (broad SMARTS) is 1. The highest BCUT2D eigenvalue weighted by Gasteiger charge is 2.39. The fourth-order valence-electron chi connectivity index (χ4n) is 3.91. The molecular formula is C24H22N2O2. The van der Waals surface area contributed by atoms with Gasteiger partial charge in [0.05, 0.1) is 22.6 Å². The van der Waals surface area contributed by atoms with Gasteiger partial charge in [-0.05, 0) is 30.2 Å². The fourth-order valence-corrected chi connectivity index (χ4v) is 3.91. The molecule has 4 rings (SSSR count). The molecule has 4 nitrogen and oxygen atoms in total. The van der Waals surface area contributed by atoms with E-state index >= 15 is 0 Å². The quantitative estimate of drug-likeness (QED) is 0.702. The molecule has 0 bridgehead atoms. The fraction of sp³-hybridized carbons (Fsp3) is 0.167. The van der Waals surface area contributed by atoms with E-state index in [1.807, 2.05) is 65.6 Å². The standard InChI is InChI=1S/C24H22N2O2/c1-24(19-12-6-3-7-13-19)16-21(18-10-4-2-5-11-18)25-20-14-8-9-15-22(20)26(24)17-23(27)28/h2-15H,16-17H2,1H3,(H,27,28). The summed E-state index contributed by atoms with van der Waals surface area (Å²) in [6.07, 6.45) is 0.600. The summed E-state index contributed by atoms with van der Waals surface area (Å²) in [5, 5.41) is 9.67. The van der Waals surface area contributed by atoms with Crippen LogP contribution in [0.3, 0.4) is 0 Å². The molecule has 0 saturated heterocycles. The number of hydrogen-bond acceptors (Lipinski definition) is 3. The van der Waals surface area contributed by atoms with E-state index in [1.54, 1.807) is 0 Å². The zero-order chi connectivity index (χ0) is 19.6. The smallest absolute Gasteiger partial charge is 0.323 e. The summed E-state index contributed by atoms with van der Waals surface area (Å²) in [5.74, 6) is -0.861. The average Bonchev–Trinajstić information content (AvgIpc) is 2.85. The van der Waals surface area contributed by atoms with Gasteiger partial charge in [0.25, 0.3) is 0 Å². The molecule has 3 aromatic rings. The van der Waals surface area contributed by atoms with Crippen molar-refractivity contribution >= 4 is 23.1 Å². The van der Waals surface area contributed by atoms with Crippen LogP contribution in [0.15, 0.2) is 89.9 Å². The van der Waals surface area contributed by atoms with E-state index in [9.17, 15) is 9.90 Å². The first-order valence-electron chi connectivity index (χ1n) is 9.35. The van der Waals surface area contributed by atoms with Gasteiger partial charge in [0, 0.05) is 6.42 Å². The molecule has 1 unspecified atom stereocenters. The average molecular weight is 370 g/mol. The Bertz CT molecular complexity index is 1020. The van der Waals surface area contributed by atoms with Crippen LogP contribution in [-0.2, 0) is 10.3 Å². The summed E-state index contributed by atoms with van der Waals surface area (Å²) < 4.78 is 0. The Morgan fingerprint density at radius 2 is 1.57 bits per heavy atom. The molecule has 1 aliphatic rings. The number of aliphatic carboxylic acids is 1. The molecule has 0 saturated carbocycles. The highest BCUT2D eigenvalue weighted by Crippen LogP contribution is 2.44. The minimum Gasteiger partial charge on any atom is -0.480 e. The second-order valence-electron chi connectivity index (χ2n) is 7.21. The van der Waals surface area contributed by atoms with Crippen molar-refractivity contribution in [1.29, 1.82) is 0 Å². The molecule has 28 heavy (non-hydrogen) atoms. The van der Waals surface area contributed by atoms with E-state index in [2.05, 4.69) is 31.2 Å². The Labute approximate surface area is 164 Å². The van der Waals surface area contributed by atoms with Gasteiger partial charge in [0.2, 0.25) is 0 Å². The van der Waals surface area contributed by atoms with Gasteiger partial charge in [-0.2, -0.15) is 0 Å². The first kappa shape index (κ1) is 18.0. The molecule has 1 aliphatic heterocycles. The molecule has 0 aliphatic carbocycles. The van der Waals surface area contributed by atoms with Gasteiger partial charge in [-0.25, -0.2) is 0 Å². The third kappa shape index (κ3) is 3.29. The molecule has 3 aromatic carbocycles. The largest absolute Gasteiger partial charge is 0.480 e. The molecule has 0 amide bonds. The molecule has 0 spiro atoms. The van der Waals surface area contributed by atoms with Crippen molar-refractivity contribution in [3.8, 4) is 0 Å². The van der Waals surface area contributed by atoms with Gasteiger partial charge in [-0.3, -0.25) is 9.79 Å². The lowest BCUT2D eigenvalue weighted by molar-refractivity contribution is -0.135. The number of carboxylic acids is 1. The van der Waals surface area contributed by atoms with Gasteiger partial charge in [-0.1, -0.05) is 72.8 Å². The molecule has 140 valence electrons. The monoisotopic (exact) mass is 370 g/mol. The van der Waals surface area contributed by atoms with Crippen molar-refractivity contribution in [3.63, 3.8) is 0 Å². The number of carbonyl (C=O) groups is 1. The number of benzene rings is 3. The second kappa shape index (κ2) is 7.31. The van der Waals surface area contributed by atoms with Crippen molar-refractivity contribution < 1.29 is 9.90 Å². The number of nitrogens with zero attached hydrogens (tertiary/aromatic N) is 2. The zero-order valence-electron chi connectivity index (χ0n) is 15.7. The number of hydrogen-bond donors (Lipinski definition) is 1. The van der Waals surface area contributed by atoms with Crippen LogP contribution < -0.4 is 4.90 Å². The maximum Gasteiger partial charge on any atom is 0.323 e. The summed E-state index contributed by atoms with van der Waals surface area (Å²) in [4.78, 5) is 18.7. The first-order valence-corrected chi connectivity index (χ1v) is 9.35. The lowest BCUT2D eigenvalue weighted by Crippen LogP contribution is -2.47. The number of rotatable bonds is 4. The molecule has 0 aromatic heterocycles. The van der Waals surface area contributed by atoms with Crippen LogP contribution in [0.1, 0.15) is 24.5 Å². The third-order valence-corrected chi connectivity index (χ3v) is 5.33. The molecule has 1 atom stereocenters. The summed E-state index contributed by atoms with van der Waals surface area (Å²) in [6.45, 7) is 2.01. The number of anilines is 1. The predicted molar refractivity (Wildman–Crippen MR) is 112 cm³/mol. The van der Waals surface area contributed by atoms with Crippen molar-refractivity contribution in [2.24, 2.45) is 4.99 Å². The molecular weight excluding hydrogens is 348 g/mol. The Balaban J connectivity index is 1.95. The Morgan fingerprint density at radius 3 is 2.25 bits per heavy atom. The minimum atomic E-state index is -0.861. The predicted octanol–water partition coefficient (Wildman–Crippen LogP) is 5.02. The summed E-state index contributed by atoms with van der Waals surface area (Å²) in [5.41, 5.74) is 4.14. The van der Waals surface area contributed by atoms with E-state index < -0.39 is 11.5 Å². The lowest BCUT2D eigenvalue weighted by Gasteiger charge is -2.42. The van der Waals surface area contributed by atoms with Crippen LogP contribution in [0, 0.1) is 0 Å². The molecule has 1 heterocycles. The molecule has 0 fully saturated rings. The van der Waals surface area contributed by atoms with Crippen LogP contribution in [0.5, 0.6) is 0 Å². The second-order valence-corrected chi connectivity index (χ2v) is 7.21. The maximum absolute atomic E-state index is 11.8. The van der Waals surface area contributed by atoms with Crippen molar-refractivity contribution in [2.45, 2.75) is 18.9 Å². The highest BCUT2D eigenvalue weighted by molar-refractivity contribution is 6.05. The maximum atomic E-state index is 11.8. The Hall–Kier alpha value is -3.40. The van der Waals surface area contributed by atoms with Crippen LogP contribution in [0.2, 0.25) is 0 Å². The molecule has 1 N–H and O–H groups in total. The molecule has 0 radical (unpaired) electrons. The number of para-hydroxylation sites is 2.